The van der Waals surface area contributed by atoms with Crippen molar-refractivity contribution in [2.24, 2.45) is 0 Å². The Bertz CT molecular complexity index is 961. The van der Waals surface area contributed by atoms with Gasteiger partial charge in [0.05, 0.1) is 6.26 Å². The molecule has 2 aromatic carbocycles. The van der Waals surface area contributed by atoms with Crippen LogP contribution in [0, 0.1) is 0 Å². The number of para-hydroxylation sites is 1. The van der Waals surface area contributed by atoms with Crippen molar-refractivity contribution in [1.29, 1.82) is 0 Å². The van der Waals surface area contributed by atoms with Crippen LogP contribution in [0.15, 0.2) is 47.1 Å². The summed E-state index contributed by atoms with van der Waals surface area (Å²) in [4.78, 5) is 2.45. The van der Waals surface area contributed by atoms with Gasteiger partial charge in [-0.15, -0.1) is 0 Å². The molecule has 0 fully saturated rings. The van der Waals surface area contributed by atoms with Gasteiger partial charge in [0.2, 0.25) is 6.79 Å². The van der Waals surface area contributed by atoms with Gasteiger partial charge in [-0.2, -0.15) is 0 Å². The van der Waals surface area contributed by atoms with Crippen LogP contribution in [0.25, 0.3) is 11.0 Å². The van der Waals surface area contributed by atoms with Crippen LogP contribution in [-0.2, 0) is 12.8 Å². The highest BCUT2D eigenvalue weighted by atomic mass is 16.7. The second-order valence-electron chi connectivity index (χ2n) is 7.72. The van der Waals surface area contributed by atoms with Crippen molar-refractivity contribution in [2.45, 2.75) is 31.6 Å². The summed E-state index contributed by atoms with van der Waals surface area (Å²) in [5.41, 5.74) is 5.14. The van der Waals surface area contributed by atoms with Crippen LogP contribution < -0.4 is 9.47 Å². The maximum absolute atomic E-state index is 5.74. The van der Waals surface area contributed by atoms with E-state index in [4.69, 9.17) is 13.9 Å². The zero-order valence-electron chi connectivity index (χ0n) is 15.7. The molecule has 0 N–H and O–H groups in total. The van der Waals surface area contributed by atoms with Crippen molar-refractivity contribution in [3.8, 4) is 11.5 Å². The van der Waals surface area contributed by atoms with Crippen LogP contribution >= 0.6 is 0 Å². The van der Waals surface area contributed by atoms with Gasteiger partial charge in [0.1, 0.15) is 5.58 Å². The monoisotopic (exact) mass is 363 g/mol. The van der Waals surface area contributed by atoms with E-state index < -0.39 is 0 Å². The number of likely N-dealkylation sites (N-methyl/N-ethyl adjacent to an activating group) is 1. The Hall–Kier alpha value is -2.46. The molecule has 1 aromatic heterocycles. The fraction of sp³-hybridized carbons (Fsp3) is 0.391. The highest BCUT2D eigenvalue weighted by Crippen LogP contribution is 2.44. The quantitative estimate of drug-likeness (QED) is 0.655. The number of rotatable bonds is 5. The Kier molecular flexibility index (Phi) is 4.29. The summed E-state index contributed by atoms with van der Waals surface area (Å²) in [5.74, 6) is 2.46. The summed E-state index contributed by atoms with van der Waals surface area (Å²) >= 11 is 0. The Balaban J connectivity index is 1.28. The van der Waals surface area contributed by atoms with Crippen molar-refractivity contribution < 1.29 is 13.9 Å². The van der Waals surface area contributed by atoms with Gasteiger partial charge in [0, 0.05) is 24.0 Å². The second kappa shape index (κ2) is 6.93. The molecule has 0 bridgehead atoms. The third-order valence-electron chi connectivity index (χ3n) is 5.95. The highest BCUT2D eigenvalue weighted by Gasteiger charge is 2.28. The van der Waals surface area contributed by atoms with Gasteiger partial charge >= 0.3 is 0 Å². The van der Waals surface area contributed by atoms with Crippen molar-refractivity contribution in [3.05, 3.63) is 59.4 Å². The molecular weight excluding hydrogens is 338 g/mol. The van der Waals surface area contributed by atoms with Gasteiger partial charge in [-0.25, -0.2) is 0 Å². The van der Waals surface area contributed by atoms with Crippen LogP contribution in [0.2, 0.25) is 0 Å². The third-order valence-corrected chi connectivity index (χ3v) is 5.95. The van der Waals surface area contributed by atoms with E-state index in [1.165, 1.54) is 34.9 Å². The lowest BCUT2D eigenvalue weighted by Gasteiger charge is -2.30. The zero-order valence-corrected chi connectivity index (χ0v) is 15.7. The van der Waals surface area contributed by atoms with Gasteiger partial charge in [-0.1, -0.05) is 24.3 Å². The van der Waals surface area contributed by atoms with Crippen LogP contribution in [0.4, 0.5) is 0 Å². The Morgan fingerprint density at radius 3 is 3.04 bits per heavy atom. The summed E-state index contributed by atoms with van der Waals surface area (Å²) < 4.78 is 17.0. The first kappa shape index (κ1) is 16.7. The largest absolute Gasteiger partial charge is 0.464 e. The summed E-state index contributed by atoms with van der Waals surface area (Å²) in [7, 11) is 2.23. The molecule has 1 aliphatic carbocycles. The molecule has 0 amide bonds. The minimum absolute atomic E-state index is 0.356. The van der Waals surface area contributed by atoms with E-state index in [9.17, 15) is 0 Å². The van der Waals surface area contributed by atoms with Crippen molar-refractivity contribution in [3.63, 3.8) is 0 Å². The molecule has 0 saturated heterocycles. The molecule has 5 rings (SSSR count). The molecule has 3 aromatic rings. The van der Waals surface area contributed by atoms with E-state index in [1.807, 2.05) is 6.07 Å². The zero-order chi connectivity index (χ0) is 18.2. The first-order valence-corrected chi connectivity index (χ1v) is 9.84. The Morgan fingerprint density at radius 1 is 1.11 bits per heavy atom. The number of hydrogen-bond acceptors (Lipinski definition) is 4. The van der Waals surface area contributed by atoms with Gasteiger partial charge in [0.15, 0.2) is 11.5 Å². The molecule has 2 heterocycles. The molecule has 1 atom stereocenters. The average Bonchev–Trinajstić information content (AvgIpc) is 3.35. The minimum Gasteiger partial charge on any atom is -0.464 e. The molecule has 0 spiro atoms. The average molecular weight is 363 g/mol. The summed E-state index contributed by atoms with van der Waals surface area (Å²) in [6.45, 7) is 2.45. The lowest BCUT2D eigenvalue weighted by molar-refractivity contribution is 0.173. The smallest absolute Gasteiger partial charge is 0.231 e. The van der Waals surface area contributed by atoms with Crippen LogP contribution in [0.3, 0.4) is 0 Å². The van der Waals surface area contributed by atoms with Crippen molar-refractivity contribution in [1.82, 2.24) is 4.90 Å². The number of furan rings is 1. The van der Waals surface area contributed by atoms with E-state index in [2.05, 4.69) is 42.3 Å². The molecule has 0 saturated carbocycles. The van der Waals surface area contributed by atoms with Crippen molar-refractivity contribution >= 4 is 11.0 Å². The van der Waals surface area contributed by atoms with Crippen molar-refractivity contribution in [2.75, 3.05) is 26.9 Å². The fourth-order valence-electron chi connectivity index (χ4n) is 4.59. The number of hydrogen-bond donors (Lipinski definition) is 0. The Morgan fingerprint density at radius 2 is 2.07 bits per heavy atom. The first-order valence-electron chi connectivity index (χ1n) is 9.84. The number of nitrogens with zero attached hydrogens (tertiary/aromatic N) is 1. The molecule has 1 aliphatic heterocycles. The van der Waals surface area contributed by atoms with Gasteiger partial charge in [-0.3, -0.25) is 0 Å². The predicted molar refractivity (Wildman–Crippen MR) is 106 cm³/mol. The third kappa shape index (κ3) is 3.08. The number of fused-ring (bicyclic) bond motifs is 4. The predicted octanol–water partition coefficient (Wildman–Crippen LogP) is 4.76. The summed E-state index contributed by atoms with van der Waals surface area (Å²) in [5, 5.41) is 1.19. The summed E-state index contributed by atoms with van der Waals surface area (Å²) in [6.07, 6.45) is 6.34. The molecular formula is C23H25NO3. The van der Waals surface area contributed by atoms with Gasteiger partial charge in [-0.05, 0) is 61.9 Å². The van der Waals surface area contributed by atoms with E-state index >= 15 is 0 Å². The van der Waals surface area contributed by atoms with Crippen LogP contribution in [0.5, 0.6) is 11.5 Å². The minimum atomic E-state index is 0.356. The maximum Gasteiger partial charge on any atom is 0.231 e. The molecule has 2 aliphatic rings. The maximum atomic E-state index is 5.74. The van der Waals surface area contributed by atoms with Gasteiger partial charge in [0.25, 0.3) is 0 Å². The number of benzene rings is 2. The van der Waals surface area contributed by atoms with Gasteiger partial charge < -0.3 is 18.8 Å². The van der Waals surface area contributed by atoms with E-state index in [0.29, 0.717) is 12.7 Å². The molecule has 4 nitrogen and oxygen atoms in total. The van der Waals surface area contributed by atoms with E-state index in [1.54, 1.807) is 6.26 Å². The lowest BCUT2D eigenvalue weighted by Crippen LogP contribution is -2.28. The van der Waals surface area contributed by atoms with Crippen LogP contribution in [0.1, 0.15) is 35.4 Å². The van der Waals surface area contributed by atoms with E-state index in [-0.39, 0.29) is 0 Å². The first-order chi connectivity index (χ1) is 13.3. The highest BCUT2D eigenvalue weighted by molar-refractivity contribution is 5.80. The number of ether oxygens (including phenoxy) is 2. The fourth-order valence-corrected chi connectivity index (χ4v) is 4.59. The van der Waals surface area contributed by atoms with Crippen LogP contribution in [-0.4, -0.2) is 31.8 Å². The topological polar surface area (TPSA) is 34.8 Å². The molecule has 4 heteroatoms. The molecule has 0 radical (unpaired) electrons. The molecule has 27 heavy (non-hydrogen) atoms. The van der Waals surface area contributed by atoms with E-state index in [0.717, 1.165) is 43.0 Å². The second-order valence-corrected chi connectivity index (χ2v) is 7.72. The standard InChI is InChI=1S/C23H25NO3/c1-24(12-10-16-4-2-5-17-11-13-25-22(16)17)14-18-6-3-7-20-19(18)8-9-21-23(20)27-15-26-21/h2,4-5,8-9,11,13,18H,3,6-7,10,12,14-15H2,1H3/t18-/m0/s1. The summed E-state index contributed by atoms with van der Waals surface area (Å²) in [6, 6.07) is 12.8. The Labute approximate surface area is 159 Å². The normalized spacial score (nSPS) is 18.2. The molecule has 140 valence electrons. The molecule has 0 unspecified atom stereocenters. The lowest BCUT2D eigenvalue weighted by atomic mass is 9.82. The SMILES string of the molecule is CN(CCc1cccc2ccoc12)C[C@@H]1CCCc2c1ccc1c2OCO1.